The standard InChI is InChI=1S/C17H21FN2/c1-13(19)11-14-7-4-6-10-17(14)20(2)12-15-8-3-5-9-16(15)18/h3-10,13H,11-12,19H2,1-2H3. The fourth-order valence-corrected chi connectivity index (χ4v) is 2.37. The molecule has 2 rings (SSSR count). The van der Waals surface area contributed by atoms with E-state index in [2.05, 4.69) is 17.0 Å². The largest absolute Gasteiger partial charge is 0.370 e. The van der Waals surface area contributed by atoms with Crippen molar-refractivity contribution in [3.8, 4) is 0 Å². The maximum absolute atomic E-state index is 13.7. The Morgan fingerprint density at radius 2 is 1.65 bits per heavy atom. The van der Waals surface area contributed by atoms with Gasteiger partial charge in [-0.2, -0.15) is 0 Å². The van der Waals surface area contributed by atoms with Gasteiger partial charge in [-0.25, -0.2) is 4.39 Å². The molecule has 0 aliphatic carbocycles. The molecule has 2 aromatic carbocycles. The summed E-state index contributed by atoms with van der Waals surface area (Å²) in [6.45, 7) is 2.54. The predicted octanol–water partition coefficient (Wildman–Crippen LogP) is 3.35. The van der Waals surface area contributed by atoms with E-state index in [-0.39, 0.29) is 11.9 Å². The van der Waals surface area contributed by atoms with Crippen LogP contribution in [0.2, 0.25) is 0 Å². The van der Waals surface area contributed by atoms with E-state index in [4.69, 9.17) is 5.73 Å². The van der Waals surface area contributed by atoms with Crippen LogP contribution >= 0.6 is 0 Å². The number of nitrogens with zero attached hydrogens (tertiary/aromatic N) is 1. The third-order valence-corrected chi connectivity index (χ3v) is 3.31. The van der Waals surface area contributed by atoms with Crippen LogP contribution in [0, 0.1) is 5.82 Å². The smallest absolute Gasteiger partial charge is 0.128 e. The highest BCUT2D eigenvalue weighted by Gasteiger charge is 2.10. The number of hydrogen-bond donors (Lipinski definition) is 1. The van der Waals surface area contributed by atoms with Gasteiger partial charge in [0.05, 0.1) is 0 Å². The molecule has 0 fully saturated rings. The lowest BCUT2D eigenvalue weighted by atomic mass is 10.0. The molecule has 1 unspecified atom stereocenters. The molecule has 2 aromatic rings. The van der Waals surface area contributed by atoms with Crippen molar-refractivity contribution in [3.63, 3.8) is 0 Å². The highest BCUT2D eigenvalue weighted by molar-refractivity contribution is 5.53. The maximum atomic E-state index is 13.7. The summed E-state index contributed by atoms with van der Waals surface area (Å²) < 4.78 is 13.7. The lowest BCUT2D eigenvalue weighted by Gasteiger charge is -2.23. The van der Waals surface area contributed by atoms with Gasteiger partial charge in [0.2, 0.25) is 0 Å². The topological polar surface area (TPSA) is 29.3 Å². The Morgan fingerprint density at radius 3 is 2.30 bits per heavy atom. The Kier molecular flexibility index (Phi) is 4.74. The molecule has 0 aliphatic rings. The van der Waals surface area contributed by atoms with Crippen molar-refractivity contribution < 1.29 is 4.39 Å². The molecule has 3 heteroatoms. The van der Waals surface area contributed by atoms with Crippen LogP contribution in [0.25, 0.3) is 0 Å². The van der Waals surface area contributed by atoms with Crippen molar-refractivity contribution in [3.05, 3.63) is 65.5 Å². The van der Waals surface area contributed by atoms with Crippen molar-refractivity contribution in [2.45, 2.75) is 25.9 Å². The second-order valence-electron chi connectivity index (χ2n) is 5.26. The third kappa shape index (κ3) is 3.58. The zero-order chi connectivity index (χ0) is 14.5. The monoisotopic (exact) mass is 272 g/mol. The summed E-state index contributed by atoms with van der Waals surface area (Å²) >= 11 is 0. The first-order valence-corrected chi connectivity index (χ1v) is 6.86. The Labute approximate surface area is 120 Å². The Hall–Kier alpha value is -1.87. The summed E-state index contributed by atoms with van der Waals surface area (Å²) in [6.07, 6.45) is 0.817. The average Bonchev–Trinajstić information content (AvgIpc) is 2.41. The number of nitrogens with two attached hydrogens (primary N) is 1. The third-order valence-electron chi connectivity index (χ3n) is 3.31. The van der Waals surface area contributed by atoms with Crippen molar-refractivity contribution in [1.82, 2.24) is 0 Å². The molecule has 1 atom stereocenters. The fraction of sp³-hybridized carbons (Fsp3) is 0.294. The molecule has 20 heavy (non-hydrogen) atoms. The van der Waals surface area contributed by atoms with Crippen LogP contribution in [-0.2, 0) is 13.0 Å². The Balaban J connectivity index is 2.21. The van der Waals surface area contributed by atoms with Gasteiger partial charge in [-0.15, -0.1) is 0 Å². The summed E-state index contributed by atoms with van der Waals surface area (Å²) in [4.78, 5) is 2.07. The van der Waals surface area contributed by atoms with E-state index in [1.807, 2.05) is 38.2 Å². The van der Waals surface area contributed by atoms with Crippen LogP contribution in [0.15, 0.2) is 48.5 Å². The Morgan fingerprint density at radius 1 is 1.05 bits per heavy atom. The van der Waals surface area contributed by atoms with E-state index < -0.39 is 0 Å². The SMILES string of the molecule is CC(N)Cc1ccccc1N(C)Cc1ccccc1F. The van der Waals surface area contributed by atoms with Crippen molar-refractivity contribution in [2.75, 3.05) is 11.9 Å². The second kappa shape index (κ2) is 6.53. The number of para-hydroxylation sites is 1. The van der Waals surface area contributed by atoms with E-state index in [1.165, 1.54) is 11.6 Å². The van der Waals surface area contributed by atoms with Gasteiger partial charge >= 0.3 is 0 Å². The maximum Gasteiger partial charge on any atom is 0.128 e. The summed E-state index contributed by atoms with van der Waals surface area (Å²) in [7, 11) is 1.98. The summed E-state index contributed by atoms with van der Waals surface area (Å²) in [5.41, 5.74) is 8.89. The van der Waals surface area contributed by atoms with Gasteiger partial charge in [0, 0.05) is 30.9 Å². The van der Waals surface area contributed by atoms with Gasteiger partial charge in [0.15, 0.2) is 0 Å². The van der Waals surface area contributed by atoms with Gasteiger partial charge < -0.3 is 10.6 Å². The van der Waals surface area contributed by atoms with Crippen LogP contribution in [0.4, 0.5) is 10.1 Å². The Bertz CT molecular complexity index is 566. The highest BCUT2D eigenvalue weighted by atomic mass is 19.1. The molecule has 0 saturated heterocycles. The molecular weight excluding hydrogens is 251 g/mol. The normalized spacial score (nSPS) is 12.2. The predicted molar refractivity (Wildman–Crippen MR) is 82.3 cm³/mol. The first kappa shape index (κ1) is 14.5. The number of rotatable bonds is 5. The van der Waals surface area contributed by atoms with Gasteiger partial charge in [0.1, 0.15) is 5.82 Å². The minimum atomic E-state index is -0.163. The molecule has 0 bridgehead atoms. The number of anilines is 1. The van der Waals surface area contributed by atoms with E-state index in [0.717, 1.165) is 12.1 Å². The lowest BCUT2D eigenvalue weighted by Crippen LogP contribution is -2.22. The second-order valence-corrected chi connectivity index (χ2v) is 5.26. The van der Waals surface area contributed by atoms with E-state index in [0.29, 0.717) is 12.1 Å². The summed E-state index contributed by atoms with van der Waals surface area (Å²) in [6, 6.07) is 15.1. The summed E-state index contributed by atoms with van der Waals surface area (Å²) in [5, 5.41) is 0. The quantitative estimate of drug-likeness (QED) is 0.904. The first-order valence-electron chi connectivity index (χ1n) is 6.86. The van der Waals surface area contributed by atoms with E-state index >= 15 is 0 Å². The minimum Gasteiger partial charge on any atom is -0.370 e. The zero-order valence-electron chi connectivity index (χ0n) is 12.0. The van der Waals surface area contributed by atoms with Gasteiger partial charge in [-0.05, 0) is 31.0 Å². The van der Waals surface area contributed by atoms with Crippen LogP contribution in [0.1, 0.15) is 18.1 Å². The molecule has 0 aliphatic heterocycles. The van der Waals surface area contributed by atoms with Gasteiger partial charge in [0.25, 0.3) is 0 Å². The number of benzene rings is 2. The van der Waals surface area contributed by atoms with Crippen molar-refractivity contribution >= 4 is 5.69 Å². The molecule has 0 radical (unpaired) electrons. The molecule has 0 saturated carbocycles. The molecule has 2 N–H and O–H groups in total. The average molecular weight is 272 g/mol. The molecule has 2 nitrogen and oxygen atoms in total. The van der Waals surface area contributed by atoms with Crippen LogP contribution < -0.4 is 10.6 Å². The summed E-state index contributed by atoms with van der Waals surface area (Å²) in [5.74, 6) is -0.163. The van der Waals surface area contributed by atoms with Crippen LogP contribution in [-0.4, -0.2) is 13.1 Å². The van der Waals surface area contributed by atoms with E-state index in [1.54, 1.807) is 6.07 Å². The molecular formula is C17H21FN2. The number of hydrogen-bond acceptors (Lipinski definition) is 2. The molecule has 0 spiro atoms. The molecule has 0 amide bonds. The minimum absolute atomic E-state index is 0.109. The fourth-order valence-electron chi connectivity index (χ4n) is 2.37. The number of halogens is 1. The molecule has 0 aromatic heterocycles. The lowest BCUT2D eigenvalue weighted by molar-refractivity contribution is 0.607. The van der Waals surface area contributed by atoms with Crippen LogP contribution in [0.5, 0.6) is 0 Å². The molecule has 106 valence electrons. The van der Waals surface area contributed by atoms with Crippen LogP contribution in [0.3, 0.4) is 0 Å². The highest BCUT2D eigenvalue weighted by Crippen LogP contribution is 2.22. The van der Waals surface area contributed by atoms with Crippen molar-refractivity contribution in [2.24, 2.45) is 5.73 Å². The first-order chi connectivity index (χ1) is 9.58. The molecule has 0 heterocycles. The van der Waals surface area contributed by atoms with Gasteiger partial charge in [-0.3, -0.25) is 0 Å². The van der Waals surface area contributed by atoms with Crippen molar-refractivity contribution in [1.29, 1.82) is 0 Å². The van der Waals surface area contributed by atoms with Gasteiger partial charge in [-0.1, -0.05) is 36.4 Å². The zero-order valence-corrected chi connectivity index (χ0v) is 12.0. The van der Waals surface area contributed by atoms with E-state index in [9.17, 15) is 4.39 Å².